The van der Waals surface area contributed by atoms with Gasteiger partial charge in [0.2, 0.25) is 10.0 Å². The highest BCUT2D eigenvalue weighted by Gasteiger charge is 2.30. The van der Waals surface area contributed by atoms with Gasteiger partial charge < -0.3 is 0 Å². The summed E-state index contributed by atoms with van der Waals surface area (Å²) in [5, 5.41) is 0. The molecule has 1 unspecified atom stereocenters. The lowest BCUT2D eigenvalue weighted by atomic mass is 9.95. The van der Waals surface area contributed by atoms with E-state index in [-0.39, 0.29) is 6.04 Å². The first-order valence-electron chi connectivity index (χ1n) is 8.41. The predicted octanol–water partition coefficient (Wildman–Crippen LogP) is 4.19. The summed E-state index contributed by atoms with van der Waals surface area (Å²) in [6, 6.07) is 7.96. The molecule has 1 aliphatic carbocycles. The van der Waals surface area contributed by atoms with Gasteiger partial charge in [-0.15, -0.1) is 0 Å². The molecule has 0 bridgehead atoms. The Morgan fingerprint density at radius 2 is 1.42 bits per heavy atom. The monoisotopic (exact) mass is 343 g/mol. The summed E-state index contributed by atoms with van der Waals surface area (Å²) in [6.07, 6.45) is 1.74. The minimum absolute atomic E-state index is 0.132. The van der Waals surface area contributed by atoms with Crippen molar-refractivity contribution in [2.24, 2.45) is 0 Å². The van der Waals surface area contributed by atoms with Crippen molar-refractivity contribution in [2.45, 2.75) is 58.4 Å². The summed E-state index contributed by atoms with van der Waals surface area (Å²) in [7, 11) is -3.56. The van der Waals surface area contributed by atoms with E-state index in [0.29, 0.717) is 4.90 Å². The second-order valence-corrected chi connectivity index (χ2v) is 8.52. The van der Waals surface area contributed by atoms with Crippen molar-refractivity contribution in [3.63, 3.8) is 0 Å². The number of aryl methyl sites for hydroxylation is 1. The molecule has 0 aliphatic heterocycles. The largest absolute Gasteiger partial charge is 0.241 e. The van der Waals surface area contributed by atoms with Gasteiger partial charge in [-0.05, 0) is 86.4 Å². The smallest absolute Gasteiger partial charge is 0.207 e. The summed E-state index contributed by atoms with van der Waals surface area (Å²) in [5.41, 5.74) is 7.36. The summed E-state index contributed by atoms with van der Waals surface area (Å²) in [4.78, 5) is 0.451. The Balaban J connectivity index is 2.05. The Labute approximate surface area is 145 Å². The third-order valence-corrected chi connectivity index (χ3v) is 7.37. The number of rotatable bonds is 3. The first kappa shape index (κ1) is 17.2. The quantitative estimate of drug-likeness (QED) is 0.908. The number of fused-ring (bicyclic) bond motifs is 1. The van der Waals surface area contributed by atoms with Gasteiger partial charge in [0.25, 0.3) is 0 Å². The zero-order valence-corrected chi connectivity index (χ0v) is 15.8. The van der Waals surface area contributed by atoms with Crippen LogP contribution in [0.2, 0.25) is 0 Å². The Bertz CT molecular complexity index is 884. The van der Waals surface area contributed by atoms with Crippen LogP contribution < -0.4 is 4.72 Å². The molecule has 3 nitrogen and oxygen atoms in total. The fraction of sp³-hybridized carbons (Fsp3) is 0.400. The van der Waals surface area contributed by atoms with Crippen LogP contribution in [0.3, 0.4) is 0 Å². The first-order chi connectivity index (χ1) is 11.2. The average molecular weight is 343 g/mol. The molecule has 0 aromatic heterocycles. The molecule has 0 amide bonds. The maximum absolute atomic E-state index is 13.1. The molecular formula is C20H25NO2S. The zero-order valence-electron chi connectivity index (χ0n) is 15.0. The maximum Gasteiger partial charge on any atom is 0.241 e. The van der Waals surface area contributed by atoms with E-state index in [9.17, 15) is 8.42 Å². The summed E-state index contributed by atoms with van der Waals surface area (Å²) in [5.74, 6) is 0. The lowest BCUT2D eigenvalue weighted by Gasteiger charge is -2.21. The molecule has 0 saturated carbocycles. The van der Waals surface area contributed by atoms with Crippen molar-refractivity contribution in [2.75, 3.05) is 0 Å². The van der Waals surface area contributed by atoms with Gasteiger partial charge in [-0.1, -0.05) is 24.3 Å². The molecule has 1 atom stereocenters. The van der Waals surface area contributed by atoms with Gasteiger partial charge in [0, 0.05) is 6.04 Å². The van der Waals surface area contributed by atoms with Crippen molar-refractivity contribution >= 4 is 10.0 Å². The molecule has 0 spiro atoms. The number of nitrogens with one attached hydrogen (secondary N) is 1. The van der Waals surface area contributed by atoms with E-state index >= 15 is 0 Å². The zero-order chi connectivity index (χ0) is 17.6. The predicted molar refractivity (Wildman–Crippen MR) is 98.0 cm³/mol. The molecule has 3 rings (SSSR count). The lowest BCUT2D eigenvalue weighted by Crippen LogP contribution is -2.29. The van der Waals surface area contributed by atoms with Crippen molar-refractivity contribution in [3.8, 4) is 0 Å². The van der Waals surface area contributed by atoms with Crippen molar-refractivity contribution < 1.29 is 8.42 Å². The topological polar surface area (TPSA) is 46.2 Å². The number of sulfonamides is 1. The number of hydrogen-bond acceptors (Lipinski definition) is 2. The Kier molecular flexibility index (Phi) is 4.30. The van der Waals surface area contributed by atoms with Crippen LogP contribution in [0.15, 0.2) is 29.2 Å². The highest BCUT2D eigenvalue weighted by Crippen LogP contribution is 2.34. The lowest BCUT2D eigenvalue weighted by molar-refractivity contribution is 0.553. The van der Waals surface area contributed by atoms with Gasteiger partial charge in [-0.3, -0.25) is 0 Å². The van der Waals surface area contributed by atoms with Crippen LogP contribution in [-0.4, -0.2) is 8.42 Å². The van der Waals surface area contributed by atoms with E-state index in [0.717, 1.165) is 40.7 Å². The van der Waals surface area contributed by atoms with Gasteiger partial charge in [0.15, 0.2) is 0 Å². The second-order valence-electron chi connectivity index (χ2n) is 6.87. The second kappa shape index (κ2) is 6.01. The Morgan fingerprint density at radius 1 is 0.875 bits per heavy atom. The highest BCUT2D eigenvalue weighted by atomic mass is 32.2. The van der Waals surface area contributed by atoms with E-state index in [1.165, 1.54) is 11.1 Å². The van der Waals surface area contributed by atoms with E-state index in [1.54, 1.807) is 0 Å². The molecule has 0 fully saturated rings. The standard InChI is InChI=1S/C20H25NO2S/c1-12-13(2)15(4)20(16(5)14(12)3)24(22,23)21-19-11-10-17-8-6-7-9-18(17)19/h6-9,19,21H,10-11H2,1-5H3. The average Bonchev–Trinajstić information content (AvgIpc) is 2.93. The van der Waals surface area contributed by atoms with Crippen LogP contribution in [0.5, 0.6) is 0 Å². The number of benzene rings is 2. The van der Waals surface area contributed by atoms with Crippen molar-refractivity contribution in [1.29, 1.82) is 0 Å². The maximum atomic E-state index is 13.1. The SMILES string of the molecule is Cc1c(C)c(C)c(S(=O)(=O)NC2CCc3ccccc32)c(C)c1C. The van der Waals surface area contributed by atoms with Gasteiger partial charge in [-0.2, -0.15) is 0 Å². The van der Waals surface area contributed by atoms with Crippen LogP contribution in [0.1, 0.15) is 51.4 Å². The van der Waals surface area contributed by atoms with Gasteiger partial charge >= 0.3 is 0 Å². The fourth-order valence-electron chi connectivity index (χ4n) is 3.79. The van der Waals surface area contributed by atoms with Crippen LogP contribution in [0.4, 0.5) is 0 Å². The summed E-state index contributed by atoms with van der Waals surface area (Å²) < 4.78 is 29.2. The molecule has 4 heteroatoms. The van der Waals surface area contributed by atoms with Gasteiger partial charge in [-0.25, -0.2) is 13.1 Å². The normalized spacial score (nSPS) is 17.1. The van der Waals surface area contributed by atoms with Crippen LogP contribution in [0.25, 0.3) is 0 Å². The molecule has 0 saturated heterocycles. The molecule has 1 aliphatic rings. The van der Waals surface area contributed by atoms with Crippen molar-refractivity contribution in [1.82, 2.24) is 4.72 Å². The molecule has 1 N–H and O–H groups in total. The van der Waals surface area contributed by atoms with E-state index in [2.05, 4.69) is 17.7 Å². The minimum Gasteiger partial charge on any atom is -0.207 e. The first-order valence-corrected chi connectivity index (χ1v) is 9.89. The molecule has 0 radical (unpaired) electrons. The third-order valence-electron chi connectivity index (χ3n) is 5.63. The van der Waals surface area contributed by atoms with Gasteiger partial charge in [0.05, 0.1) is 4.90 Å². The minimum atomic E-state index is -3.56. The number of hydrogen-bond donors (Lipinski definition) is 1. The Hall–Kier alpha value is -1.65. The van der Waals surface area contributed by atoms with E-state index in [1.807, 2.05) is 45.9 Å². The fourth-order valence-corrected chi connectivity index (χ4v) is 5.64. The summed E-state index contributed by atoms with van der Waals surface area (Å²) >= 11 is 0. The highest BCUT2D eigenvalue weighted by molar-refractivity contribution is 7.89. The summed E-state index contributed by atoms with van der Waals surface area (Å²) in [6.45, 7) is 9.88. The van der Waals surface area contributed by atoms with Crippen LogP contribution in [0, 0.1) is 34.6 Å². The molecule has 24 heavy (non-hydrogen) atoms. The Morgan fingerprint density at radius 3 is 2.04 bits per heavy atom. The van der Waals surface area contributed by atoms with Crippen LogP contribution in [-0.2, 0) is 16.4 Å². The molecule has 128 valence electrons. The molecule has 0 heterocycles. The third kappa shape index (κ3) is 2.68. The molecule has 2 aromatic carbocycles. The van der Waals surface area contributed by atoms with Gasteiger partial charge in [0.1, 0.15) is 0 Å². The van der Waals surface area contributed by atoms with E-state index < -0.39 is 10.0 Å². The van der Waals surface area contributed by atoms with Crippen molar-refractivity contribution in [3.05, 3.63) is 63.2 Å². The molecule has 2 aromatic rings. The van der Waals surface area contributed by atoms with Crippen LogP contribution >= 0.6 is 0 Å². The molecular weight excluding hydrogens is 318 g/mol. The van der Waals surface area contributed by atoms with E-state index in [4.69, 9.17) is 0 Å².